The Morgan fingerprint density at radius 1 is 0.293 bits per heavy atom. The number of nitrogens with zero attached hydrogens (tertiary/aromatic N) is 2. The summed E-state index contributed by atoms with van der Waals surface area (Å²) in [5.41, 5.74) is 13.9. The Labute approximate surface area is 338 Å². The van der Waals surface area contributed by atoms with Gasteiger partial charge in [0.15, 0.2) is 0 Å². The van der Waals surface area contributed by atoms with E-state index in [2.05, 4.69) is 240 Å². The van der Waals surface area contributed by atoms with Crippen molar-refractivity contribution in [3.63, 3.8) is 0 Å². The van der Waals surface area contributed by atoms with Gasteiger partial charge in [0.2, 0.25) is 0 Å². The third-order valence-corrected chi connectivity index (χ3v) is 11.6. The lowest BCUT2D eigenvalue weighted by Gasteiger charge is -2.29. The third-order valence-electron chi connectivity index (χ3n) is 11.6. The molecule has 0 saturated heterocycles. The van der Waals surface area contributed by atoms with E-state index in [4.69, 9.17) is 0 Å². The summed E-state index contributed by atoms with van der Waals surface area (Å²) >= 11 is 0. The average Bonchev–Trinajstić information content (AvgIpc) is 3.63. The maximum Gasteiger partial charge on any atom is 0.0561 e. The molecule has 58 heavy (non-hydrogen) atoms. The molecule has 272 valence electrons. The SMILES string of the molecule is c1ccc(-c2ccc(N(c3ccc4c5ccccc5n(-c5ccccc5)c4c3)c3cc(-c4cccc5ccccc45)ccc3-c3cccc4ccccc34)cc2)cc1. The van der Waals surface area contributed by atoms with Crippen LogP contribution < -0.4 is 4.90 Å². The van der Waals surface area contributed by atoms with Gasteiger partial charge < -0.3 is 9.47 Å². The fraction of sp³-hybridized carbons (Fsp3) is 0. The van der Waals surface area contributed by atoms with Crippen molar-refractivity contribution in [2.75, 3.05) is 4.90 Å². The minimum atomic E-state index is 1.08. The molecule has 11 rings (SSSR count). The van der Waals surface area contributed by atoms with Crippen LogP contribution in [0.2, 0.25) is 0 Å². The van der Waals surface area contributed by atoms with Crippen molar-refractivity contribution in [1.29, 1.82) is 0 Å². The van der Waals surface area contributed by atoms with Gasteiger partial charge in [0.05, 0.1) is 16.7 Å². The standard InChI is InChI=1S/C56H38N2/c1-3-15-39(16-4-1)40-29-32-45(33-30-40)57(46-34-36-53-51-25-11-12-28-54(51)58(56(53)38-46)44-21-5-2-6-22-44)55-37-43(49-26-13-19-41-17-7-9-23-47(41)49)31-35-52(55)50-27-14-20-42-18-8-10-24-48(42)50/h1-38H. The fourth-order valence-corrected chi connectivity index (χ4v) is 8.86. The molecule has 1 aromatic heterocycles. The zero-order valence-electron chi connectivity index (χ0n) is 31.8. The molecule has 2 nitrogen and oxygen atoms in total. The number of rotatable bonds is 7. The second kappa shape index (κ2) is 14.1. The van der Waals surface area contributed by atoms with Crippen molar-refractivity contribution in [3.05, 3.63) is 231 Å². The van der Waals surface area contributed by atoms with Gasteiger partial charge in [-0.15, -0.1) is 0 Å². The van der Waals surface area contributed by atoms with Gasteiger partial charge in [-0.05, 0) is 97.9 Å². The molecule has 0 N–H and O–H groups in total. The van der Waals surface area contributed by atoms with Crippen LogP contribution in [-0.4, -0.2) is 4.57 Å². The highest BCUT2D eigenvalue weighted by Gasteiger charge is 2.22. The number of anilines is 3. The first-order chi connectivity index (χ1) is 28.8. The summed E-state index contributed by atoms with van der Waals surface area (Å²) in [6.07, 6.45) is 0. The Bertz CT molecular complexity index is 3260. The van der Waals surface area contributed by atoms with Crippen LogP contribution >= 0.6 is 0 Å². The van der Waals surface area contributed by atoms with Crippen LogP contribution in [0.1, 0.15) is 0 Å². The zero-order valence-corrected chi connectivity index (χ0v) is 31.8. The van der Waals surface area contributed by atoms with Crippen LogP contribution in [0, 0.1) is 0 Å². The second-order valence-electron chi connectivity index (χ2n) is 14.9. The van der Waals surface area contributed by atoms with Gasteiger partial charge in [0, 0.05) is 33.4 Å². The molecule has 0 spiro atoms. The summed E-state index contributed by atoms with van der Waals surface area (Å²) in [6.45, 7) is 0. The van der Waals surface area contributed by atoms with Gasteiger partial charge in [0.25, 0.3) is 0 Å². The van der Waals surface area contributed by atoms with Crippen LogP contribution in [0.15, 0.2) is 231 Å². The summed E-state index contributed by atoms with van der Waals surface area (Å²) in [4.78, 5) is 2.47. The lowest BCUT2D eigenvalue weighted by Crippen LogP contribution is -2.12. The van der Waals surface area contributed by atoms with E-state index in [1.165, 1.54) is 65.7 Å². The molecule has 11 aromatic rings. The number of para-hydroxylation sites is 2. The third kappa shape index (κ3) is 5.74. The van der Waals surface area contributed by atoms with Gasteiger partial charge in [0.1, 0.15) is 0 Å². The smallest absolute Gasteiger partial charge is 0.0561 e. The molecule has 2 heteroatoms. The van der Waals surface area contributed by atoms with Crippen molar-refractivity contribution in [2.24, 2.45) is 0 Å². The Kier molecular flexibility index (Phi) is 8.19. The molecule has 0 radical (unpaired) electrons. The zero-order chi connectivity index (χ0) is 38.4. The molecule has 0 saturated carbocycles. The molecule has 0 bridgehead atoms. The first-order valence-corrected chi connectivity index (χ1v) is 19.9. The maximum atomic E-state index is 2.47. The molecule has 10 aromatic carbocycles. The first-order valence-electron chi connectivity index (χ1n) is 19.9. The summed E-state index contributed by atoms with van der Waals surface area (Å²) in [7, 11) is 0. The van der Waals surface area contributed by atoms with E-state index in [9.17, 15) is 0 Å². The van der Waals surface area contributed by atoms with Crippen LogP contribution in [0.25, 0.3) is 82.4 Å². The summed E-state index contributed by atoms with van der Waals surface area (Å²) < 4.78 is 2.41. The molecule has 1 heterocycles. The molecular formula is C56H38N2. The van der Waals surface area contributed by atoms with Crippen molar-refractivity contribution in [2.45, 2.75) is 0 Å². The number of hydrogen-bond donors (Lipinski definition) is 0. The fourth-order valence-electron chi connectivity index (χ4n) is 8.86. The Balaban J connectivity index is 1.21. The molecule has 0 fully saturated rings. The van der Waals surface area contributed by atoms with Gasteiger partial charge in [-0.1, -0.05) is 182 Å². The molecule has 0 aliphatic rings. The molecular weight excluding hydrogens is 701 g/mol. The number of benzene rings is 10. The molecule has 0 atom stereocenters. The highest BCUT2D eigenvalue weighted by Crippen LogP contribution is 2.47. The van der Waals surface area contributed by atoms with Crippen LogP contribution in [0.3, 0.4) is 0 Å². The lowest BCUT2D eigenvalue weighted by molar-refractivity contribution is 1.18. The molecule has 0 aliphatic carbocycles. The van der Waals surface area contributed by atoms with E-state index in [-0.39, 0.29) is 0 Å². The monoisotopic (exact) mass is 738 g/mol. The van der Waals surface area contributed by atoms with Gasteiger partial charge in [-0.25, -0.2) is 0 Å². The lowest BCUT2D eigenvalue weighted by atomic mass is 9.92. The summed E-state index contributed by atoms with van der Waals surface area (Å²) in [5.74, 6) is 0. The van der Waals surface area contributed by atoms with Gasteiger partial charge >= 0.3 is 0 Å². The van der Waals surface area contributed by atoms with Crippen LogP contribution in [-0.2, 0) is 0 Å². The minimum Gasteiger partial charge on any atom is -0.310 e. The molecule has 0 aliphatic heterocycles. The van der Waals surface area contributed by atoms with Crippen LogP contribution in [0.4, 0.5) is 17.1 Å². The highest BCUT2D eigenvalue weighted by atomic mass is 15.1. The largest absolute Gasteiger partial charge is 0.310 e. The van der Waals surface area contributed by atoms with Crippen LogP contribution in [0.5, 0.6) is 0 Å². The first kappa shape index (κ1) is 33.6. The topological polar surface area (TPSA) is 8.17 Å². The van der Waals surface area contributed by atoms with E-state index in [0.29, 0.717) is 0 Å². The van der Waals surface area contributed by atoms with Gasteiger partial charge in [-0.2, -0.15) is 0 Å². The number of hydrogen-bond acceptors (Lipinski definition) is 1. The number of fused-ring (bicyclic) bond motifs is 5. The normalized spacial score (nSPS) is 11.4. The Morgan fingerprint density at radius 2 is 0.828 bits per heavy atom. The number of aromatic nitrogens is 1. The van der Waals surface area contributed by atoms with E-state index >= 15 is 0 Å². The molecule has 0 amide bonds. The average molecular weight is 739 g/mol. The van der Waals surface area contributed by atoms with E-state index in [1.54, 1.807) is 0 Å². The Morgan fingerprint density at radius 3 is 1.57 bits per heavy atom. The Hall–Kier alpha value is -7.68. The van der Waals surface area contributed by atoms with Crippen molar-refractivity contribution in [3.8, 4) is 39.1 Å². The summed E-state index contributed by atoms with van der Waals surface area (Å²) in [6, 6.07) is 83.9. The highest BCUT2D eigenvalue weighted by molar-refractivity contribution is 6.11. The van der Waals surface area contributed by atoms with Crippen molar-refractivity contribution < 1.29 is 0 Å². The predicted octanol–water partition coefficient (Wildman–Crippen LogP) is 15.6. The van der Waals surface area contributed by atoms with Crippen molar-refractivity contribution in [1.82, 2.24) is 4.57 Å². The van der Waals surface area contributed by atoms with E-state index < -0.39 is 0 Å². The molecule has 0 unspecified atom stereocenters. The predicted molar refractivity (Wildman–Crippen MR) is 247 cm³/mol. The second-order valence-corrected chi connectivity index (χ2v) is 14.9. The van der Waals surface area contributed by atoms with E-state index in [0.717, 1.165) is 33.8 Å². The summed E-state index contributed by atoms with van der Waals surface area (Å²) in [5, 5.41) is 7.37. The van der Waals surface area contributed by atoms with E-state index in [1.807, 2.05) is 0 Å². The van der Waals surface area contributed by atoms with Crippen molar-refractivity contribution >= 4 is 60.4 Å². The maximum absolute atomic E-state index is 2.47. The van der Waals surface area contributed by atoms with Gasteiger partial charge in [-0.3, -0.25) is 0 Å². The quantitative estimate of drug-likeness (QED) is 0.158. The minimum absolute atomic E-state index is 1.08.